The first-order chi connectivity index (χ1) is 13.1. The highest BCUT2D eigenvalue weighted by atomic mass is 16.5. The van der Waals surface area contributed by atoms with Crippen LogP contribution < -0.4 is 5.32 Å². The zero-order chi connectivity index (χ0) is 18.8. The second-order valence-corrected chi connectivity index (χ2v) is 6.29. The molecule has 0 aliphatic heterocycles. The summed E-state index contributed by atoms with van der Waals surface area (Å²) < 4.78 is 6.97. The van der Waals surface area contributed by atoms with Crippen LogP contribution in [-0.4, -0.2) is 30.6 Å². The van der Waals surface area contributed by atoms with Gasteiger partial charge in [0.1, 0.15) is 5.82 Å². The van der Waals surface area contributed by atoms with Crippen LogP contribution in [0.5, 0.6) is 0 Å². The molecule has 0 fully saturated rings. The Hall–Kier alpha value is -3.55. The molecule has 0 saturated carbocycles. The maximum Gasteiger partial charge on any atom is 0.259 e. The standard InChI is InChI=1S/C19H18N6O2/c1-12(14-6-4-3-5-7-14)20-18(26)10-17-23-22-16-9-8-15(11-25(16)17)19-21-13(2)24-27-19/h3-9,11-12H,10H2,1-2H3,(H,20,26)/t12-/m1/s1. The molecule has 3 heterocycles. The third-order valence-electron chi connectivity index (χ3n) is 4.24. The smallest absolute Gasteiger partial charge is 0.259 e. The second-order valence-electron chi connectivity index (χ2n) is 6.29. The molecule has 1 atom stereocenters. The van der Waals surface area contributed by atoms with Gasteiger partial charge in [-0.3, -0.25) is 9.20 Å². The lowest BCUT2D eigenvalue weighted by Gasteiger charge is -2.13. The van der Waals surface area contributed by atoms with Gasteiger partial charge in [-0.25, -0.2) is 0 Å². The highest BCUT2D eigenvalue weighted by molar-refractivity contribution is 5.78. The number of fused-ring (bicyclic) bond motifs is 1. The fraction of sp³-hybridized carbons (Fsp3) is 0.211. The molecule has 8 nitrogen and oxygen atoms in total. The van der Waals surface area contributed by atoms with Crippen LogP contribution in [0.1, 0.15) is 30.2 Å². The molecule has 27 heavy (non-hydrogen) atoms. The molecule has 0 aliphatic rings. The molecule has 136 valence electrons. The van der Waals surface area contributed by atoms with E-state index < -0.39 is 0 Å². The minimum atomic E-state index is -0.125. The van der Waals surface area contributed by atoms with E-state index in [0.717, 1.165) is 11.1 Å². The van der Waals surface area contributed by atoms with E-state index >= 15 is 0 Å². The van der Waals surface area contributed by atoms with Crippen molar-refractivity contribution in [3.63, 3.8) is 0 Å². The number of hydrogen-bond acceptors (Lipinski definition) is 6. The Morgan fingerprint density at radius 3 is 2.74 bits per heavy atom. The van der Waals surface area contributed by atoms with Crippen molar-refractivity contribution in [3.8, 4) is 11.5 Å². The van der Waals surface area contributed by atoms with E-state index in [1.807, 2.05) is 43.3 Å². The molecule has 8 heteroatoms. The molecule has 3 aromatic heterocycles. The second kappa shape index (κ2) is 6.99. The summed E-state index contributed by atoms with van der Waals surface area (Å²) in [6, 6.07) is 13.4. The molecule has 0 spiro atoms. The number of pyridine rings is 1. The van der Waals surface area contributed by atoms with Crippen molar-refractivity contribution in [2.45, 2.75) is 26.3 Å². The average Bonchev–Trinajstić information content (AvgIpc) is 3.28. The third-order valence-corrected chi connectivity index (χ3v) is 4.24. The Morgan fingerprint density at radius 2 is 2.00 bits per heavy atom. The van der Waals surface area contributed by atoms with Crippen molar-refractivity contribution in [2.75, 3.05) is 0 Å². The first kappa shape index (κ1) is 16.9. The zero-order valence-corrected chi connectivity index (χ0v) is 15.0. The van der Waals surface area contributed by atoms with Gasteiger partial charge < -0.3 is 9.84 Å². The Labute approximate surface area is 155 Å². The van der Waals surface area contributed by atoms with E-state index in [-0.39, 0.29) is 18.4 Å². The monoisotopic (exact) mass is 362 g/mol. The summed E-state index contributed by atoms with van der Waals surface area (Å²) in [5.74, 6) is 1.39. The summed E-state index contributed by atoms with van der Waals surface area (Å²) in [5.41, 5.74) is 2.43. The average molecular weight is 362 g/mol. The van der Waals surface area contributed by atoms with Crippen LogP contribution in [0.3, 0.4) is 0 Å². The molecular formula is C19H18N6O2. The Bertz CT molecular complexity index is 1090. The Balaban J connectivity index is 1.54. The Morgan fingerprint density at radius 1 is 1.19 bits per heavy atom. The normalized spacial score (nSPS) is 12.2. The predicted molar refractivity (Wildman–Crippen MR) is 97.7 cm³/mol. The van der Waals surface area contributed by atoms with Crippen molar-refractivity contribution in [2.24, 2.45) is 0 Å². The van der Waals surface area contributed by atoms with Gasteiger partial charge in [0.15, 0.2) is 11.5 Å². The van der Waals surface area contributed by atoms with Crippen LogP contribution in [0.2, 0.25) is 0 Å². The van der Waals surface area contributed by atoms with Crippen LogP contribution in [-0.2, 0) is 11.2 Å². The predicted octanol–water partition coefficient (Wildman–Crippen LogP) is 2.51. The number of carbonyl (C=O) groups is 1. The maximum atomic E-state index is 12.5. The van der Waals surface area contributed by atoms with E-state index in [9.17, 15) is 4.79 Å². The first-order valence-electron chi connectivity index (χ1n) is 8.59. The summed E-state index contributed by atoms with van der Waals surface area (Å²) in [4.78, 5) is 16.7. The summed E-state index contributed by atoms with van der Waals surface area (Å²) in [6.45, 7) is 3.71. The first-order valence-corrected chi connectivity index (χ1v) is 8.59. The number of rotatable bonds is 5. The lowest BCUT2D eigenvalue weighted by atomic mass is 10.1. The molecule has 0 bridgehead atoms. The van der Waals surface area contributed by atoms with Crippen LogP contribution >= 0.6 is 0 Å². The largest absolute Gasteiger partial charge is 0.349 e. The lowest BCUT2D eigenvalue weighted by Crippen LogP contribution is -2.28. The van der Waals surface area contributed by atoms with Gasteiger partial charge >= 0.3 is 0 Å². The van der Waals surface area contributed by atoms with Gasteiger partial charge in [-0.05, 0) is 31.5 Å². The number of benzene rings is 1. The highest BCUT2D eigenvalue weighted by Crippen LogP contribution is 2.18. The number of aryl methyl sites for hydroxylation is 1. The number of nitrogens with zero attached hydrogens (tertiary/aromatic N) is 5. The summed E-state index contributed by atoms with van der Waals surface area (Å²) in [7, 11) is 0. The third kappa shape index (κ3) is 3.55. The number of aromatic nitrogens is 5. The molecule has 1 aromatic carbocycles. The van der Waals surface area contributed by atoms with Gasteiger partial charge in [0.25, 0.3) is 5.89 Å². The minimum Gasteiger partial charge on any atom is -0.349 e. The molecule has 1 amide bonds. The van der Waals surface area contributed by atoms with E-state index in [2.05, 4.69) is 25.7 Å². The van der Waals surface area contributed by atoms with Gasteiger partial charge in [-0.15, -0.1) is 10.2 Å². The lowest BCUT2D eigenvalue weighted by molar-refractivity contribution is -0.121. The van der Waals surface area contributed by atoms with Crippen molar-refractivity contribution in [3.05, 3.63) is 65.9 Å². The van der Waals surface area contributed by atoms with E-state index in [0.29, 0.717) is 23.2 Å². The molecule has 0 unspecified atom stereocenters. The topological polar surface area (TPSA) is 98.2 Å². The van der Waals surface area contributed by atoms with Crippen molar-refractivity contribution in [1.29, 1.82) is 0 Å². The van der Waals surface area contributed by atoms with Crippen molar-refractivity contribution < 1.29 is 9.32 Å². The molecular weight excluding hydrogens is 344 g/mol. The zero-order valence-electron chi connectivity index (χ0n) is 15.0. The van der Waals surface area contributed by atoms with Crippen LogP contribution in [0.15, 0.2) is 53.2 Å². The van der Waals surface area contributed by atoms with Gasteiger partial charge in [-0.1, -0.05) is 35.5 Å². The molecule has 0 radical (unpaired) electrons. The van der Waals surface area contributed by atoms with E-state index in [1.54, 1.807) is 23.6 Å². The summed E-state index contributed by atoms with van der Waals surface area (Å²) in [5, 5.41) is 15.0. The molecule has 4 aromatic rings. The molecule has 4 rings (SSSR count). The van der Waals surface area contributed by atoms with Crippen molar-refractivity contribution >= 4 is 11.6 Å². The molecule has 0 aliphatic carbocycles. The number of amides is 1. The van der Waals surface area contributed by atoms with E-state index in [4.69, 9.17) is 4.52 Å². The minimum absolute atomic E-state index is 0.0881. The van der Waals surface area contributed by atoms with Crippen LogP contribution in [0.4, 0.5) is 0 Å². The fourth-order valence-electron chi connectivity index (χ4n) is 2.86. The summed E-state index contributed by atoms with van der Waals surface area (Å²) >= 11 is 0. The van der Waals surface area contributed by atoms with Gasteiger partial charge in [0.2, 0.25) is 5.91 Å². The van der Waals surface area contributed by atoms with Gasteiger partial charge in [-0.2, -0.15) is 4.98 Å². The quantitative estimate of drug-likeness (QED) is 0.586. The highest BCUT2D eigenvalue weighted by Gasteiger charge is 2.15. The fourth-order valence-corrected chi connectivity index (χ4v) is 2.86. The Kier molecular flexibility index (Phi) is 4.37. The number of carbonyl (C=O) groups excluding carboxylic acids is 1. The summed E-state index contributed by atoms with van der Waals surface area (Å²) in [6.07, 6.45) is 1.91. The van der Waals surface area contributed by atoms with Gasteiger partial charge in [0, 0.05) is 6.20 Å². The maximum absolute atomic E-state index is 12.5. The van der Waals surface area contributed by atoms with Crippen LogP contribution in [0.25, 0.3) is 17.1 Å². The van der Waals surface area contributed by atoms with Gasteiger partial charge in [0.05, 0.1) is 18.0 Å². The van der Waals surface area contributed by atoms with E-state index in [1.165, 1.54) is 0 Å². The number of hydrogen-bond donors (Lipinski definition) is 1. The molecule has 1 N–H and O–H groups in total. The SMILES string of the molecule is Cc1noc(-c2ccc3nnc(CC(=O)N[C@H](C)c4ccccc4)n3c2)n1. The van der Waals surface area contributed by atoms with Crippen molar-refractivity contribution in [1.82, 2.24) is 30.1 Å². The number of nitrogens with one attached hydrogen (secondary N) is 1. The van der Waals surface area contributed by atoms with Crippen LogP contribution in [0, 0.1) is 6.92 Å². The molecule has 0 saturated heterocycles.